The number of rotatable bonds is 5. The van der Waals surface area contributed by atoms with Crippen LogP contribution in [0.2, 0.25) is 0 Å². The second kappa shape index (κ2) is 7.91. The van der Waals surface area contributed by atoms with E-state index >= 15 is 0 Å². The molecule has 0 saturated carbocycles. The lowest BCUT2D eigenvalue weighted by molar-refractivity contribution is -0.132. The molecule has 1 aliphatic rings. The van der Waals surface area contributed by atoms with Gasteiger partial charge in [0.1, 0.15) is 23.3 Å². The molecule has 3 aromatic rings. The van der Waals surface area contributed by atoms with E-state index in [9.17, 15) is 14.7 Å². The predicted octanol–water partition coefficient (Wildman–Crippen LogP) is 4.61. The van der Waals surface area contributed by atoms with Crippen molar-refractivity contribution in [1.82, 2.24) is 0 Å². The number of aliphatic hydroxyl groups excluding tert-OH is 1. The van der Waals surface area contributed by atoms with E-state index < -0.39 is 17.7 Å². The minimum atomic E-state index is -0.876. The van der Waals surface area contributed by atoms with Gasteiger partial charge in [0, 0.05) is 11.3 Å². The third kappa shape index (κ3) is 3.37. The van der Waals surface area contributed by atoms with Gasteiger partial charge in [-0.1, -0.05) is 29.8 Å². The van der Waals surface area contributed by atoms with Gasteiger partial charge in [0.15, 0.2) is 0 Å². The van der Waals surface area contributed by atoms with Crippen LogP contribution in [-0.4, -0.2) is 23.4 Å². The number of carbonyl (C=O) groups is 2. The molecule has 0 bridgehead atoms. The highest BCUT2D eigenvalue weighted by atomic mass is 16.5. The fourth-order valence-corrected chi connectivity index (χ4v) is 3.58. The Balaban J connectivity index is 1.88. The van der Waals surface area contributed by atoms with Crippen LogP contribution in [0.5, 0.6) is 5.75 Å². The molecule has 4 rings (SSSR count). The molecule has 1 aliphatic heterocycles. The number of Topliss-reactive ketones (excluding diaryl/α,β-unsaturated/α-hetero) is 1. The number of furan rings is 1. The first-order chi connectivity index (χ1) is 14.5. The number of carbonyl (C=O) groups excluding carboxylic acids is 2. The van der Waals surface area contributed by atoms with Crippen molar-refractivity contribution in [3.63, 3.8) is 0 Å². The highest BCUT2D eigenvalue weighted by molar-refractivity contribution is 6.51. The van der Waals surface area contributed by atoms with Crippen LogP contribution in [0.25, 0.3) is 5.76 Å². The van der Waals surface area contributed by atoms with Gasteiger partial charge in [-0.2, -0.15) is 0 Å². The third-order valence-electron chi connectivity index (χ3n) is 4.99. The molecule has 0 radical (unpaired) electrons. The monoisotopic (exact) mass is 403 g/mol. The molecule has 1 amide bonds. The summed E-state index contributed by atoms with van der Waals surface area (Å²) in [7, 11) is 0. The molecule has 1 atom stereocenters. The van der Waals surface area contributed by atoms with Gasteiger partial charge in [-0.25, -0.2) is 0 Å². The second-order valence-corrected chi connectivity index (χ2v) is 6.98. The smallest absolute Gasteiger partial charge is 0.300 e. The number of aliphatic hydroxyl groups is 1. The van der Waals surface area contributed by atoms with E-state index in [0.717, 1.165) is 5.56 Å². The maximum Gasteiger partial charge on any atom is 0.300 e. The zero-order chi connectivity index (χ0) is 21.3. The van der Waals surface area contributed by atoms with Gasteiger partial charge < -0.3 is 14.3 Å². The van der Waals surface area contributed by atoms with E-state index in [-0.39, 0.29) is 11.3 Å². The molecule has 1 N–H and O–H groups in total. The lowest BCUT2D eigenvalue weighted by Crippen LogP contribution is -2.29. The van der Waals surface area contributed by atoms with Gasteiger partial charge in [0.05, 0.1) is 18.4 Å². The molecule has 30 heavy (non-hydrogen) atoms. The largest absolute Gasteiger partial charge is 0.507 e. The maximum absolute atomic E-state index is 13.0. The van der Waals surface area contributed by atoms with Gasteiger partial charge in [-0.3, -0.25) is 14.5 Å². The maximum atomic E-state index is 13.0. The summed E-state index contributed by atoms with van der Waals surface area (Å²) in [6, 6.07) is 16.5. The summed E-state index contributed by atoms with van der Waals surface area (Å²) in [6.45, 7) is 4.26. The van der Waals surface area contributed by atoms with Gasteiger partial charge in [-0.05, 0) is 50.2 Å². The van der Waals surface area contributed by atoms with Crippen LogP contribution in [0, 0.1) is 6.92 Å². The van der Waals surface area contributed by atoms with E-state index in [2.05, 4.69) is 0 Å². The first-order valence-electron chi connectivity index (χ1n) is 9.65. The number of hydrogen-bond acceptors (Lipinski definition) is 5. The highest BCUT2D eigenvalue weighted by Gasteiger charge is 2.48. The van der Waals surface area contributed by atoms with Gasteiger partial charge >= 0.3 is 0 Å². The van der Waals surface area contributed by atoms with Crippen molar-refractivity contribution in [2.75, 3.05) is 11.5 Å². The minimum absolute atomic E-state index is 0.0239. The first-order valence-corrected chi connectivity index (χ1v) is 9.65. The summed E-state index contributed by atoms with van der Waals surface area (Å²) in [5.74, 6) is -0.814. The Morgan fingerprint density at radius 3 is 2.53 bits per heavy atom. The Labute approximate surface area is 174 Å². The van der Waals surface area contributed by atoms with Crippen molar-refractivity contribution in [3.8, 4) is 5.75 Å². The number of amides is 1. The summed E-state index contributed by atoms with van der Waals surface area (Å²) >= 11 is 0. The number of ketones is 1. The van der Waals surface area contributed by atoms with E-state index in [1.807, 2.05) is 26.0 Å². The summed E-state index contributed by atoms with van der Waals surface area (Å²) in [6.07, 6.45) is 1.47. The molecular weight excluding hydrogens is 382 g/mol. The summed E-state index contributed by atoms with van der Waals surface area (Å²) in [4.78, 5) is 27.3. The van der Waals surface area contributed by atoms with Gasteiger partial charge in [-0.15, -0.1) is 0 Å². The number of anilines is 1. The van der Waals surface area contributed by atoms with Crippen LogP contribution in [-0.2, 0) is 9.59 Å². The van der Waals surface area contributed by atoms with Crippen molar-refractivity contribution in [2.24, 2.45) is 0 Å². The number of benzene rings is 2. The van der Waals surface area contributed by atoms with E-state index in [4.69, 9.17) is 9.15 Å². The standard InChI is InChI=1S/C24H21NO5/c1-3-29-18-7-4-6-16(14-18)22(26)20-21(19-8-5-13-30-19)25(24(28)23(20)27)17-11-9-15(2)10-12-17/h4-14,21,26H,3H2,1-2H3/b22-20-. The normalized spacial score (nSPS) is 18.1. The average Bonchev–Trinajstić information content (AvgIpc) is 3.36. The van der Waals surface area contributed by atoms with Crippen molar-refractivity contribution < 1.29 is 23.8 Å². The molecule has 1 unspecified atom stereocenters. The lowest BCUT2D eigenvalue weighted by Gasteiger charge is -2.23. The van der Waals surface area contributed by atoms with Crippen molar-refractivity contribution in [2.45, 2.75) is 19.9 Å². The van der Waals surface area contributed by atoms with Crippen molar-refractivity contribution in [3.05, 3.63) is 89.4 Å². The molecule has 0 spiro atoms. The minimum Gasteiger partial charge on any atom is -0.507 e. The Morgan fingerprint density at radius 1 is 1.10 bits per heavy atom. The van der Waals surface area contributed by atoms with Gasteiger partial charge in [0.2, 0.25) is 0 Å². The Kier molecular flexibility index (Phi) is 5.14. The van der Waals surface area contributed by atoms with Crippen molar-refractivity contribution in [1.29, 1.82) is 0 Å². The molecule has 2 aromatic carbocycles. The molecule has 152 valence electrons. The highest BCUT2D eigenvalue weighted by Crippen LogP contribution is 2.42. The average molecular weight is 403 g/mol. The summed E-state index contributed by atoms with van der Waals surface area (Å²) in [5.41, 5.74) is 1.94. The van der Waals surface area contributed by atoms with Crippen LogP contribution in [0.15, 0.2) is 76.9 Å². The number of nitrogens with zero attached hydrogens (tertiary/aromatic N) is 1. The Hall–Kier alpha value is -3.80. The van der Waals surface area contributed by atoms with Crippen LogP contribution in [0.4, 0.5) is 5.69 Å². The number of ether oxygens (including phenoxy) is 1. The quantitative estimate of drug-likeness (QED) is 0.382. The van der Waals surface area contributed by atoms with E-state index in [0.29, 0.717) is 29.4 Å². The van der Waals surface area contributed by atoms with Crippen LogP contribution in [0.1, 0.15) is 29.9 Å². The van der Waals surface area contributed by atoms with E-state index in [1.165, 1.54) is 11.2 Å². The zero-order valence-corrected chi connectivity index (χ0v) is 16.7. The molecule has 0 aliphatic carbocycles. The predicted molar refractivity (Wildman–Crippen MR) is 112 cm³/mol. The fraction of sp³-hybridized carbons (Fsp3) is 0.167. The zero-order valence-electron chi connectivity index (χ0n) is 16.7. The molecule has 1 saturated heterocycles. The third-order valence-corrected chi connectivity index (χ3v) is 4.99. The molecule has 2 heterocycles. The van der Waals surface area contributed by atoms with Crippen LogP contribution < -0.4 is 9.64 Å². The first kappa shape index (κ1) is 19.5. The fourth-order valence-electron chi connectivity index (χ4n) is 3.58. The van der Waals surface area contributed by atoms with Crippen LogP contribution >= 0.6 is 0 Å². The van der Waals surface area contributed by atoms with E-state index in [1.54, 1.807) is 48.5 Å². The Morgan fingerprint density at radius 2 is 1.87 bits per heavy atom. The second-order valence-electron chi connectivity index (χ2n) is 6.98. The number of hydrogen-bond donors (Lipinski definition) is 1. The van der Waals surface area contributed by atoms with Gasteiger partial charge in [0.25, 0.3) is 11.7 Å². The molecule has 1 aromatic heterocycles. The number of aryl methyl sites for hydroxylation is 1. The topological polar surface area (TPSA) is 80.0 Å². The molecule has 1 fully saturated rings. The molecule has 6 nitrogen and oxygen atoms in total. The molecule has 6 heteroatoms. The Bertz CT molecular complexity index is 1110. The SMILES string of the molecule is CCOc1cccc(/C(O)=C2/C(=O)C(=O)N(c3ccc(C)cc3)C2c2ccco2)c1. The lowest BCUT2D eigenvalue weighted by atomic mass is 9.99. The van der Waals surface area contributed by atoms with Crippen LogP contribution in [0.3, 0.4) is 0 Å². The summed E-state index contributed by atoms with van der Waals surface area (Å²) in [5, 5.41) is 11.1. The summed E-state index contributed by atoms with van der Waals surface area (Å²) < 4.78 is 11.0. The van der Waals surface area contributed by atoms with Crippen molar-refractivity contribution >= 4 is 23.1 Å². The molecular formula is C24H21NO5.